The lowest BCUT2D eigenvalue weighted by Crippen LogP contribution is -2.13. The van der Waals surface area contributed by atoms with Crippen molar-refractivity contribution >= 4 is 5.78 Å². The first-order valence-electron chi connectivity index (χ1n) is 5.01. The first kappa shape index (κ1) is 11.4. The van der Waals surface area contributed by atoms with Gasteiger partial charge in [0.1, 0.15) is 0 Å². The number of hydrogen-bond acceptors (Lipinski definition) is 3. The standard InChI is InChI=1S/C11H15N3O/c1-4-9(5-6-12)11(15)10-7-14(3)13-8(10)2/h7,9H,4-5H2,1-3H3. The van der Waals surface area contributed by atoms with Gasteiger partial charge in [-0.1, -0.05) is 6.92 Å². The van der Waals surface area contributed by atoms with Crippen LogP contribution in [0.5, 0.6) is 0 Å². The zero-order valence-corrected chi connectivity index (χ0v) is 9.32. The van der Waals surface area contributed by atoms with Crippen LogP contribution in [0.1, 0.15) is 35.8 Å². The van der Waals surface area contributed by atoms with Crippen LogP contribution in [0.25, 0.3) is 0 Å². The van der Waals surface area contributed by atoms with Crippen LogP contribution in [-0.4, -0.2) is 15.6 Å². The Balaban J connectivity index is 2.93. The molecule has 0 bridgehead atoms. The molecule has 0 aliphatic rings. The van der Waals surface area contributed by atoms with Crippen LogP contribution in [0.2, 0.25) is 0 Å². The van der Waals surface area contributed by atoms with E-state index in [1.165, 1.54) is 0 Å². The molecule has 0 fully saturated rings. The molecule has 0 saturated heterocycles. The minimum Gasteiger partial charge on any atom is -0.294 e. The number of Topliss-reactive ketones (excluding diaryl/α,β-unsaturated/α-hetero) is 1. The lowest BCUT2D eigenvalue weighted by molar-refractivity contribution is 0.0918. The zero-order valence-electron chi connectivity index (χ0n) is 9.32. The summed E-state index contributed by atoms with van der Waals surface area (Å²) in [5, 5.41) is 12.7. The molecule has 1 atom stereocenters. The molecule has 0 N–H and O–H groups in total. The smallest absolute Gasteiger partial charge is 0.170 e. The van der Waals surface area contributed by atoms with E-state index in [0.717, 1.165) is 5.69 Å². The second kappa shape index (κ2) is 4.74. The van der Waals surface area contributed by atoms with E-state index in [-0.39, 0.29) is 18.1 Å². The second-order valence-corrected chi connectivity index (χ2v) is 3.63. The van der Waals surface area contributed by atoms with Gasteiger partial charge in [0.05, 0.1) is 17.3 Å². The maximum Gasteiger partial charge on any atom is 0.170 e. The number of ketones is 1. The summed E-state index contributed by atoms with van der Waals surface area (Å²) >= 11 is 0. The van der Waals surface area contributed by atoms with Gasteiger partial charge in [0, 0.05) is 25.6 Å². The van der Waals surface area contributed by atoms with Crippen molar-refractivity contribution in [3.8, 4) is 6.07 Å². The maximum absolute atomic E-state index is 12.0. The van der Waals surface area contributed by atoms with Gasteiger partial charge in [-0.25, -0.2) is 0 Å². The summed E-state index contributed by atoms with van der Waals surface area (Å²) < 4.78 is 1.63. The lowest BCUT2D eigenvalue weighted by Gasteiger charge is -2.07. The monoisotopic (exact) mass is 205 g/mol. The largest absolute Gasteiger partial charge is 0.294 e. The van der Waals surface area contributed by atoms with Crippen molar-refractivity contribution in [2.24, 2.45) is 13.0 Å². The number of aromatic nitrogens is 2. The number of nitriles is 1. The zero-order chi connectivity index (χ0) is 11.4. The van der Waals surface area contributed by atoms with Gasteiger partial charge in [-0.2, -0.15) is 10.4 Å². The molecule has 1 rings (SSSR count). The molecule has 1 heterocycles. The van der Waals surface area contributed by atoms with Crippen LogP contribution in [-0.2, 0) is 7.05 Å². The molecule has 4 nitrogen and oxygen atoms in total. The number of carbonyl (C=O) groups excluding carboxylic acids is 1. The van der Waals surface area contributed by atoms with Crippen LogP contribution in [0.4, 0.5) is 0 Å². The Hall–Kier alpha value is -1.63. The van der Waals surface area contributed by atoms with Crippen molar-refractivity contribution in [1.82, 2.24) is 9.78 Å². The number of hydrogen-bond donors (Lipinski definition) is 0. The van der Waals surface area contributed by atoms with Gasteiger partial charge < -0.3 is 0 Å². The fraction of sp³-hybridized carbons (Fsp3) is 0.545. The second-order valence-electron chi connectivity index (χ2n) is 3.63. The summed E-state index contributed by atoms with van der Waals surface area (Å²) in [7, 11) is 1.79. The third kappa shape index (κ3) is 2.44. The molecular formula is C11H15N3O. The molecule has 1 unspecified atom stereocenters. The van der Waals surface area contributed by atoms with Crippen LogP contribution >= 0.6 is 0 Å². The molecule has 1 aromatic heterocycles. The van der Waals surface area contributed by atoms with Gasteiger partial charge in [-0.05, 0) is 13.3 Å². The highest BCUT2D eigenvalue weighted by molar-refractivity contribution is 5.98. The van der Waals surface area contributed by atoms with E-state index in [0.29, 0.717) is 12.0 Å². The number of nitrogens with zero attached hydrogens (tertiary/aromatic N) is 3. The quantitative estimate of drug-likeness (QED) is 0.705. The molecule has 0 aliphatic carbocycles. The normalized spacial score (nSPS) is 12.1. The highest BCUT2D eigenvalue weighted by Gasteiger charge is 2.21. The van der Waals surface area contributed by atoms with Crippen LogP contribution in [0.15, 0.2) is 6.20 Å². The van der Waals surface area contributed by atoms with E-state index in [1.807, 2.05) is 19.9 Å². The van der Waals surface area contributed by atoms with E-state index >= 15 is 0 Å². The third-order valence-corrected chi connectivity index (χ3v) is 2.48. The predicted molar refractivity (Wildman–Crippen MR) is 56.3 cm³/mol. The Morgan fingerprint density at radius 3 is 2.80 bits per heavy atom. The summed E-state index contributed by atoms with van der Waals surface area (Å²) in [5.74, 6) is -0.164. The van der Waals surface area contributed by atoms with Crippen LogP contribution < -0.4 is 0 Å². The fourth-order valence-electron chi connectivity index (χ4n) is 1.59. The van der Waals surface area contributed by atoms with E-state index in [1.54, 1.807) is 17.9 Å². The van der Waals surface area contributed by atoms with E-state index in [2.05, 4.69) is 5.10 Å². The van der Waals surface area contributed by atoms with E-state index < -0.39 is 0 Å². The Kier molecular flexibility index (Phi) is 3.62. The first-order valence-corrected chi connectivity index (χ1v) is 5.01. The number of rotatable bonds is 4. The minimum atomic E-state index is -0.196. The SMILES string of the molecule is CCC(CC#N)C(=O)c1cn(C)nc1C. The lowest BCUT2D eigenvalue weighted by atomic mass is 9.93. The minimum absolute atomic E-state index is 0.0321. The van der Waals surface area contributed by atoms with Gasteiger partial charge in [-0.15, -0.1) is 0 Å². The summed E-state index contributed by atoms with van der Waals surface area (Å²) in [4.78, 5) is 12.0. The van der Waals surface area contributed by atoms with Crippen molar-refractivity contribution in [2.75, 3.05) is 0 Å². The summed E-state index contributed by atoms with van der Waals surface area (Å²) in [6, 6.07) is 2.05. The van der Waals surface area contributed by atoms with Crippen molar-refractivity contribution in [3.63, 3.8) is 0 Å². The molecule has 4 heteroatoms. The van der Waals surface area contributed by atoms with Gasteiger partial charge >= 0.3 is 0 Å². The molecule has 0 saturated carbocycles. The molecule has 0 aromatic carbocycles. The fourth-order valence-corrected chi connectivity index (χ4v) is 1.59. The van der Waals surface area contributed by atoms with E-state index in [9.17, 15) is 4.79 Å². The molecule has 80 valence electrons. The number of carbonyl (C=O) groups is 1. The average Bonchev–Trinajstić information content (AvgIpc) is 2.53. The van der Waals surface area contributed by atoms with Crippen molar-refractivity contribution in [3.05, 3.63) is 17.5 Å². The topological polar surface area (TPSA) is 58.7 Å². The van der Waals surface area contributed by atoms with Gasteiger partial charge in [-0.3, -0.25) is 9.48 Å². The van der Waals surface area contributed by atoms with Crippen molar-refractivity contribution < 1.29 is 4.79 Å². The molecule has 1 aromatic rings. The Bertz CT molecular complexity index is 400. The Labute approximate surface area is 89.5 Å². The van der Waals surface area contributed by atoms with Gasteiger partial charge in [0.2, 0.25) is 0 Å². The predicted octanol–water partition coefficient (Wildman–Crippen LogP) is 1.85. The van der Waals surface area contributed by atoms with E-state index in [4.69, 9.17) is 5.26 Å². The highest BCUT2D eigenvalue weighted by Crippen LogP contribution is 2.17. The average molecular weight is 205 g/mol. The maximum atomic E-state index is 12.0. The molecule has 0 aliphatic heterocycles. The highest BCUT2D eigenvalue weighted by atomic mass is 16.1. The summed E-state index contributed by atoms with van der Waals surface area (Å²) in [6.07, 6.45) is 2.70. The summed E-state index contributed by atoms with van der Waals surface area (Å²) in [5.41, 5.74) is 1.37. The van der Waals surface area contributed by atoms with Gasteiger partial charge in [0.25, 0.3) is 0 Å². The van der Waals surface area contributed by atoms with Crippen molar-refractivity contribution in [2.45, 2.75) is 26.7 Å². The molecular weight excluding hydrogens is 190 g/mol. The van der Waals surface area contributed by atoms with Crippen LogP contribution in [0.3, 0.4) is 0 Å². The van der Waals surface area contributed by atoms with Crippen LogP contribution in [0, 0.1) is 24.2 Å². The molecule has 15 heavy (non-hydrogen) atoms. The number of aryl methyl sites for hydroxylation is 2. The first-order chi connectivity index (χ1) is 7.10. The Morgan fingerprint density at radius 2 is 2.40 bits per heavy atom. The van der Waals surface area contributed by atoms with Crippen molar-refractivity contribution in [1.29, 1.82) is 5.26 Å². The Morgan fingerprint density at radius 1 is 1.73 bits per heavy atom. The van der Waals surface area contributed by atoms with Gasteiger partial charge in [0.15, 0.2) is 5.78 Å². The molecule has 0 radical (unpaired) electrons. The third-order valence-electron chi connectivity index (χ3n) is 2.48. The molecule has 0 amide bonds. The molecule has 0 spiro atoms. The summed E-state index contributed by atoms with van der Waals surface area (Å²) in [6.45, 7) is 3.73.